The molecule has 0 unspecified atom stereocenters. The van der Waals surface area contributed by atoms with E-state index in [0.29, 0.717) is 23.0 Å². The van der Waals surface area contributed by atoms with Gasteiger partial charge in [-0.15, -0.1) is 0 Å². The van der Waals surface area contributed by atoms with Crippen LogP contribution in [0.4, 0.5) is 36.8 Å². The van der Waals surface area contributed by atoms with Gasteiger partial charge in [0.2, 0.25) is 6.23 Å². The zero-order valence-corrected chi connectivity index (χ0v) is 18.1. The number of ether oxygens (including phenoxy) is 3. The first kappa shape index (κ1) is 26.0. The Bertz CT molecular complexity index is 1130. The number of primary amides is 1. The van der Waals surface area contributed by atoms with E-state index in [-0.39, 0.29) is 18.1 Å². The summed E-state index contributed by atoms with van der Waals surface area (Å²) < 4.78 is 96.3. The Balaban J connectivity index is 1.80. The third-order valence-corrected chi connectivity index (χ3v) is 5.10. The number of nitriles is 1. The van der Waals surface area contributed by atoms with Gasteiger partial charge in [-0.25, -0.2) is 4.79 Å². The Kier molecular flexibility index (Phi) is 7.35. The first-order valence-corrected chi connectivity index (χ1v) is 10.2. The highest BCUT2D eigenvalue weighted by Gasteiger charge is 2.51. The summed E-state index contributed by atoms with van der Waals surface area (Å²) in [5.41, 5.74) is 3.11. The lowest BCUT2D eigenvalue weighted by Crippen LogP contribution is -2.42. The van der Waals surface area contributed by atoms with E-state index < -0.39 is 54.1 Å². The van der Waals surface area contributed by atoms with Crippen molar-refractivity contribution in [2.45, 2.75) is 38.0 Å². The number of anilines is 1. The summed E-state index contributed by atoms with van der Waals surface area (Å²) in [5, 5.41) is 8.92. The van der Waals surface area contributed by atoms with Gasteiger partial charge in [-0.3, -0.25) is 0 Å². The topological polar surface area (TPSA) is 97.8 Å². The van der Waals surface area contributed by atoms with Crippen molar-refractivity contribution in [3.63, 3.8) is 0 Å². The second-order valence-electron chi connectivity index (χ2n) is 7.50. The number of nitrogens with two attached hydrogens (primary N) is 1. The smallest absolute Gasteiger partial charge is 0.433 e. The Morgan fingerprint density at radius 2 is 1.91 bits per heavy atom. The number of aryl methyl sites for hydroxylation is 1. The molecule has 1 saturated heterocycles. The van der Waals surface area contributed by atoms with Crippen LogP contribution in [-0.2, 0) is 17.3 Å². The third-order valence-electron chi connectivity index (χ3n) is 5.10. The largest absolute Gasteiger partial charge is 0.491 e. The van der Waals surface area contributed by atoms with Crippen molar-refractivity contribution in [2.75, 3.05) is 18.1 Å². The van der Waals surface area contributed by atoms with Crippen molar-refractivity contribution in [3.05, 3.63) is 53.1 Å². The maximum absolute atomic E-state index is 13.6. The fourth-order valence-electron chi connectivity index (χ4n) is 3.56. The van der Waals surface area contributed by atoms with Crippen molar-refractivity contribution in [3.8, 4) is 17.6 Å². The maximum atomic E-state index is 13.6. The van der Waals surface area contributed by atoms with Crippen LogP contribution >= 0.6 is 0 Å². The SMILES string of the molecule is CCc1cc(OC[C@@H]2CN(c3ccc(C#N)c(C(F)(F)F)c3)[C@@H](C(F)(F)F)O2)ccc1OC(N)=O. The molecular weight excluding hydrogens is 484 g/mol. The van der Waals surface area contributed by atoms with Crippen LogP contribution in [0.25, 0.3) is 0 Å². The molecule has 35 heavy (non-hydrogen) atoms. The van der Waals surface area contributed by atoms with Crippen LogP contribution in [-0.4, -0.2) is 37.8 Å². The molecule has 7 nitrogen and oxygen atoms in total. The summed E-state index contributed by atoms with van der Waals surface area (Å²) in [5.74, 6) is 0.455. The van der Waals surface area contributed by atoms with Crippen LogP contribution in [0.2, 0.25) is 0 Å². The fraction of sp³-hybridized carbons (Fsp3) is 0.364. The molecule has 2 aromatic carbocycles. The molecule has 1 heterocycles. The van der Waals surface area contributed by atoms with Gasteiger partial charge >= 0.3 is 18.4 Å². The van der Waals surface area contributed by atoms with Crippen LogP contribution in [0.1, 0.15) is 23.6 Å². The van der Waals surface area contributed by atoms with Gasteiger partial charge in [-0.2, -0.15) is 31.6 Å². The van der Waals surface area contributed by atoms with E-state index in [1.54, 1.807) is 6.92 Å². The fourth-order valence-corrected chi connectivity index (χ4v) is 3.56. The van der Waals surface area contributed by atoms with Crippen molar-refractivity contribution >= 4 is 11.8 Å². The molecule has 1 fully saturated rings. The number of carbonyl (C=O) groups excluding carboxylic acids is 1. The number of nitrogens with zero attached hydrogens (tertiary/aromatic N) is 2. The lowest BCUT2D eigenvalue weighted by Gasteiger charge is -2.27. The molecule has 13 heteroatoms. The maximum Gasteiger partial charge on any atom is 0.433 e. The highest BCUT2D eigenvalue weighted by molar-refractivity contribution is 5.68. The first-order valence-electron chi connectivity index (χ1n) is 10.2. The standard InChI is InChI=1S/C22H19F6N3O4/c1-2-12-7-15(5-6-18(12)35-20(30)32)33-11-16-10-31(19(34-16)22(26,27)28)14-4-3-13(9-29)17(8-14)21(23,24)25/h3-8,16,19H,2,10-11H2,1H3,(H2,30,32)/t16-,19+/m0/s1. The second kappa shape index (κ2) is 9.91. The minimum absolute atomic E-state index is 0.203. The Morgan fingerprint density at radius 1 is 1.20 bits per heavy atom. The number of carbonyl (C=O) groups is 1. The molecule has 0 aliphatic carbocycles. The van der Waals surface area contributed by atoms with E-state index in [4.69, 9.17) is 25.2 Å². The summed E-state index contributed by atoms with van der Waals surface area (Å²) in [7, 11) is 0. The zero-order chi connectivity index (χ0) is 26.0. The zero-order valence-electron chi connectivity index (χ0n) is 18.1. The molecule has 3 rings (SSSR count). The van der Waals surface area contributed by atoms with Crippen LogP contribution in [0.3, 0.4) is 0 Å². The van der Waals surface area contributed by atoms with Crippen molar-refractivity contribution in [1.29, 1.82) is 5.26 Å². The summed E-state index contributed by atoms with van der Waals surface area (Å²) >= 11 is 0. The third kappa shape index (κ3) is 6.07. The van der Waals surface area contributed by atoms with Gasteiger partial charge in [0, 0.05) is 5.69 Å². The average molecular weight is 503 g/mol. The van der Waals surface area contributed by atoms with E-state index in [0.717, 1.165) is 12.1 Å². The quantitative estimate of drug-likeness (QED) is 0.571. The number of halogens is 6. The molecule has 0 radical (unpaired) electrons. The normalized spacial score (nSPS) is 18.3. The predicted molar refractivity (Wildman–Crippen MR) is 110 cm³/mol. The van der Waals surface area contributed by atoms with Crippen LogP contribution in [0.5, 0.6) is 11.5 Å². The lowest BCUT2D eigenvalue weighted by molar-refractivity contribution is -0.215. The minimum Gasteiger partial charge on any atom is -0.491 e. The Morgan fingerprint density at radius 3 is 2.49 bits per heavy atom. The van der Waals surface area contributed by atoms with E-state index in [2.05, 4.69) is 0 Å². The monoisotopic (exact) mass is 503 g/mol. The first-order chi connectivity index (χ1) is 16.3. The van der Waals surface area contributed by atoms with Crippen molar-refractivity contribution in [1.82, 2.24) is 0 Å². The second-order valence-corrected chi connectivity index (χ2v) is 7.50. The van der Waals surface area contributed by atoms with E-state index in [1.807, 2.05) is 0 Å². The molecule has 2 aromatic rings. The summed E-state index contributed by atoms with van der Waals surface area (Å²) in [6.45, 7) is 1.01. The van der Waals surface area contributed by atoms with E-state index >= 15 is 0 Å². The van der Waals surface area contributed by atoms with Gasteiger partial charge in [0.25, 0.3) is 0 Å². The van der Waals surface area contributed by atoms with Crippen molar-refractivity contribution in [2.24, 2.45) is 5.73 Å². The molecule has 188 valence electrons. The molecular formula is C22H19F6N3O4. The lowest BCUT2D eigenvalue weighted by atomic mass is 10.1. The van der Waals surface area contributed by atoms with Crippen LogP contribution in [0.15, 0.2) is 36.4 Å². The molecule has 2 atom stereocenters. The number of hydrogen-bond acceptors (Lipinski definition) is 6. The van der Waals surface area contributed by atoms with Gasteiger partial charge in [0.05, 0.1) is 23.7 Å². The summed E-state index contributed by atoms with van der Waals surface area (Å²) in [4.78, 5) is 11.6. The summed E-state index contributed by atoms with van der Waals surface area (Å²) in [6.07, 6.45) is -14.1. The Hall–Kier alpha value is -3.66. The van der Waals surface area contributed by atoms with Gasteiger partial charge in [0.15, 0.2) is 0 Å². The number of hydrogen-bond donors (Lipinski definition) is 1. The van der Waals surface area contributed by atoms with Gasteiger partial charge in [-0.1, -0.05) is 6.92 Å². The predicted octanol–water partition coefficient (Wildman–Crippen LogP) is 4.77. The Labute approximate surface area is 195 Å². The molecule has 1 amide bonds. The van der Waals surface area contributed by atoms with Gasteiger partial charge in [0.1, 0.15) is 24.2 Å². The number of amides is 1. The van der Waals surface area contributed by atoms with Crippen LogP contribution in [0, 0.1) is 11.3 Å². The molecule has 0 bridgehead atoms. The minimum atomic E-state index is -4.93. The molecule has 1 aliphatic heterocycles. The number of alkyl halides is 6. The van der Waals surface area contributed by atoms with Crippen molar-refractivity contribution < 1.29 is 45.3 Å². The van der Waals surface area contributed by atoms with Gasteiger partial charge < -0.3 is 24.8 Å². The highest BCUT2D eigenvalue weighted by atomic mass is 19.4. The molecule has 2 N–H and O–H groups in total. The summed E-state index contributed by atoms with van der Waals surface area (Å²) in [6, 6.07) is 8.05. The van der Waals surface area contributed by atoms with E-state index in [1.165, 1.54) is 24.3 Å². The number of benzene rings is 2. The highest BCUT2D eigenvalue weighted by Crippen LogP contribution is 2.39. The van der Waals surface area contributed by atoms with E-state index in [9.17, 15) is 31.1 Å². The molecule has 1 aliphatic rings. The van der Waals surface area contributed by atoms with Gasteiger partial charge in [-0.05, 0) is 48.4 Å². The molecule has 0 saturated carbocycles. The molecule has 0 spiro atoms. The average Bonchev–Trinajstić information content (AvgIpc) is 3.22. The molecule has 0 aromatic heterocycles. The van der Waals surface area contributed by atoms with Crippen LogP contribution < -0.4 is 20.1 Å². The number of rotatable bonds is 6.